The molecule has 0 spiro atoms. The summed E-state index contributed by atoms with van der Waals surface area (Å²) < 4.78 is 5.59. The second-order valence-electron chi connectivity index (χ2n) is 5.70. The van der Waals surface area contributed by atoms with Crippen LogP contribution in [0, 0.1) is 0 Å². The van der Waals surface area contributed by atoms with Crippen LogP contribution in [-0.2, 0) is 4.79 Å². The minimum atomic E-state index is -0.206. The molecule has 5 heteroatoms. The van der Waals surface area contributed by atoms with Gasteiger partial charge in [-0.05, 0) is 29.7 Å². The number of hydrogen-bond acceptors (Lipinski definition) is 3. The SMILES string of the molecule is CC(C)c1cccc(OCC(=O)Nc2cccc3cn[nH]c23)c1. The lowest BCUT2D eigenvalue weighted by Gasteiger charge is -2.10. The van der Waals surface area contributed by atoms with Crippen molar-refractivity contribution < 1.29 is 9.53 Å². The number of nitrogens with one attached hydrogen (secondary N) is 2. The van der Waals surface area contributed by atoms with Crippen LogP contribution in [0.2, 0.25) is 0 Å². The molecule has 0 unspecified atom stereocenters. The van der Waals surface area contributed by atoms with Gasteiger partial charge < -0.3 is 10.1 Å². The molecular formula is C18H19N3O2. The van der Waals surface area contributed by atoms with Gasteiger partial charge in [-0.2, -0.15) is 5.10 Å². The molecule has 2 aromatic carbocycles. The normalized spacial score (nSPS) is 10.9. The predicted octanol–water partition coefficient (Wildman–Crippen LogP) is 3.70. The van der Waals surface area contributed by atoms with Gasteiger partial charge in [-0.15, -0.1) is 0 Å². The van der Waals surface area contributed by atoms with E-state index >= 15 is 0 Å². The molecule has 2 N–H and O–H groups in total. The number of benzene rings is 2. The van der Waals surface area contributed by atoms with Crippen LogP contribution >= 0.6 is 0 Å². The van der Waals surface area contributed by atoms with Crippen molar-refractivity contribution in [3.05, 3.63) is 54.2 Å². The molecule has 0 aliphatic heterocycles. The highest BCUT2D eigenvalue weighted by Gasteiger charge is 2.08. The number of aromatic amines is 1. The van der Waals surface area contributed by atoms with Gasteiger partial charge in [0.1, 0.15) is 5.75 Å². The van der Waals surface area contributed by atoms with Gasteiger partial charge in [0.2, 0.25) is 0 Å². The molecule has 1 amide bonds. The Kier molecular flexibility index (Phi) is 4.28. The monoisotopic (exact) mass is 309 g/mol. The number of H-pyrrole nitrogens is 1. The second kappa shape index (κ2) is 6.52. The lowest BCUT2D eigenvalue weighted by atomic mass is 10.0. The molecule has 3 aromatic rings. The largest absolute Gasteiger partial charge is 0.484 e. The fourth-order valence-corrected chi connectivity index (χ4v) is 2.37. The van der Waals surface area contributed by atoms with Gasteiger partial charge in [-0.25, -0.2) is 0 Å². The number of carbonyl (C=O) groups is 1. The number of hydrogen-bond donors (Lipinski definition) is 2. The van der Waals surface area contributed by atoms with E-state index in [-0.39, 0.29) is 12.5 Å². The second-order valence-corrected chi connectivity index (χ2v) is 5.70. The highest BCUT2D eigenvalue weighted by Crippen LogP contribution is 2.21. The van der Waals surface area contributed by atoms with Gasteiger partial charge in [0.25, 0.3) is 5.91 Å². The molecule has 118 valence electrons. The van der Waals surface area contributed by atoms with Crippen molar-refractivity contribution in [2.45, 2.75) is 19.8 Å². The Balaban J connectivity index is 1.64. The summed E-state index contributed by atoms with van der Waals surface area (Å²) in [4.78, 5) is 12.1. The molecule has 5 nitrogen and oxygen atoms in total. The molecule has 0 fully saturated rings. The van der Waals surface area contributed by atoms with Crippen molar-refractivity contribution in [2.24, 2.45) is 0 Å². The Labute approximate surface area is 134 Å². The summed E-state index contributed by atoms with van der Waals surface area (Å²) in [7, 11) is 0. The molecule has 0 aliphatic rings. The number of rotatable bonds is 5. The molecule has 0 bridgehead atoms. The lowest BCUT2D eigenvalue weighted by molar-refractivity contribution is -0.118. The molecule has 1 aromatic heterocycles. The van der Waals surface area contributed by atoms with Crippen molar-refractivity contribution in [1.29, 1.82) is 0 Å². The third kappa shape index (κ3) is 3.51. The van der Waals surface area contributed by atoms with E-state index in [1.165, 1.54) is 5.56 Å². The van der Waals surface area contributed by atoms with E-state index in [2.05, 4.69) is 35.4 Å². The number of para-hydroxylation sites is 1. The zero-order valence-electron chi connectivity index (χ0n) is 13.2. The molecule has 0 radical (unpaired) electrons. The van der Waals surface area contributed by atoms with Crippen molar-refractivity contribution in [2.75, 3.05) is 11.9 Å². The highest BCUT2D eigenvalue weighted by atomic mass is 16.5. The van der Waals surface area contributed by atoms with E-state index in [0.717, 1.165) is 10.9 Å². The Morgan fingerprint density at radius 3 is 2.91 bits per heavy atom. The number of carbonyl (C=O) groups excluding carboxylic acids is 1. The first-order chi connectivity index (χ1) is 11.1. The van der Waals surface area contributed by atoms with Crippen LogP contribution in [-0.4, -0.2) is 22.7 Å². The topological polar surface area (TPSA) is 67.0 Å². The smallest absolute Gasteiger partial charge is 0.262 e. The van der Waals surface area contributed by atoms with Crippen LogP contribution in [0.5, 0.6) is 5.75 Å². The van der Waals surface area contributed by atoms with E-state index in [0.29, 0.717) is 17.4 Å². The number of anilines is 1. The maximum absolute atomic E-state index is 12.1. The van der Waals surface area contributed by atoms with Gasteiger partial charge in [-0.1, -0.05) is 38.1 Å². The maximum atomic E-state index is 12.1. The Bertz CT molecular complexity index is 824. The summed E-state index contributed by atoms with van der Waals surface area (Å²) >= 11 is 0. The average Bonchev–Trinajstić information content (AvgIpc) is 3.03. The third-order valence-electron chi connectivity index (χ3n) is 3.65. The summed E-state index contributed by atoms with van der Waals surface area (Å²) in [5.74, 6) is 0.915. The fourth-order valence-electron chi connectivity index (χ4n) is 2.37. The molecule has 0 saturated carbocycles. The summed E-state index contributed by atoms with van der Waals surface area (Å²) in [6, 6.07) is 13.5. The maximum Gasteiger partial charge on any atom is 0.262 e. The first-order valence-corrected chi connectivity index (χ1v) is 7.58. The van der Waals surface area contributed by atoms with E-state index < -0.39 is 0 Å². The van der Waals surface area contributed by atoms with E-state index in [1.54, 1.807) is 6.20 Å². The number of fused-ring (bicyclic) bond motifs is 1. The van der Waals surface area contributed by atoms with Gasteiger partial charge >= 0.3 is 0 Å². The van der Waals surface area contributed by atoms with E-state index in [1.807, 2.05) is 36.4 Å². The molecule has 1 heterocycles. The summed E-state index contributed by atoms with van der Waals surface area (Å²) in [6.07, 6.45) is 1.72. The standard InChI is InChI=1S/C18H19N3O2/c1-12(2)13-5-3-7-15(9-13)23-11-17(22)20-16-8-4-6-14-10-19-21-18(14)16/h3-10,12H,11H2,1-2H3,(H,19,21)(H,20,22). The van der Waals surface area contributed by atoms with Crippen LogP contribution in [0.15, 0.2) is 48.7 Å². The first-order valence-electron chi connectivity index (χ1n) is 7.58. The molecule has 3 rings (SSSR count). The minimum absolute atomic E-state index is 0.0356. The van der Waals surface area contributed by atoms with Gasteiger partial charge in [-0.3, -0.25) is 9.89 Å². The van der Waals surface area contributed by atoms with E-state index in [9.17, 15) is 4.79 Å². The van der Waals surface area contributed by atoms with Crippen LogP contribution in [0.3, 0.4) is 0 Å². The minimum Gasteiger partial charge on any atom is -0.484 e. The molecule has 0 saturated heterocycles. The van der Waals surface area contributed by atoms with Crippen LogP contribution < -0.4 is 10.1 Å². The van der Waals surface area contributed by atoms with Crippen molar-refractivity contribution >= 4 is 22.5 Å². The highest BCUT2D eigenvalue weighted by molar-refractivity contribution is 6.00. The van der Waals surface area contributed by atoms with Gasteiger partial charge in [0.05, 0.1) is 17.4 Å². The predicted molar refractivity (Wildman–Crippen MR) is 90.7 cm³/mol. The quantitative estimate of drug-likeness (QED) is 0.755. The van der Waals surface area contributed by atoms with Crippen molar-refractivity contribution in [3.8, 4) is 5.75 Å². The van der Waals surface area contributed by atoms with E-state index in [4.69, 9.17) is 4.74 Å². The number of aromatic nitrogens is 2. The molecular weight excluding hydrogens is 290 g/mol. The van der Waals surface area contributed by atoms with Crippen molar-refractivity contribution in [1.82, 2.24) is 10.2 Å². The van der Waals surface area contributed by atoms with Crippen LogP contribution in [0.1, 0.15) is 25.3 Å². The zero-order valence-corrected chi connectivity index (χ0v) is 13.2. The Morgan fingerprint density at radius 1 is 1.26 bits per heavy atom. The van der Waals surface area contributed by atoms with Crippen LogP contribution in [0.4, 0.5) is 5.69 Å². The third-order valence-corrected chi connectivity index (χ3v) is 3.65. The van der Waals surface area contributed by atoms with Crippen LogP contribution in [0.25, 0.3) is 10.9 Å². The first kappa shape index (κ1) is 15.1. The fraction of sp³-hybridized carbons (Fsp3) is 0.222. The number of ether oxygens (including phenoxy) is 1. The number of amides is 1. The summed E-state index contributed by atoms with van der Waals surface area (Å²) in [5.41, 5.74) is 2.69. The summed E-state index contributed by atoms with van der Waals surface area (Å²) in [5, 5.41) is 10.7. The van der Waals surface area contributed by atoms with Crippen molar-refractivity contribution in [3.63, 3.8) is 0 Å². The molecule has 0 atom stereocenters. The lowest BCUT2D eigenvalue weighted by Crippen LogP contribution is -2.20. The Morgan fingerprint density at radius 2 is 2.09 bits per heavy atom. The molecule has 23 heavy (non-hydrogen) atoms. The Hall–Kier alpha value is -2.82. The molecule has 0 aliphatic carbocycles. The average molecular weight is 309 g/mol. The summed E-state index contributed by atoms with van der Waals surface area (Å²) in [6.45, 7) is 4.21. The number of nitrogens with zero attached hydrogens (tertiary/aromatic N) is 1. The van der Waals surface area contributed by atoms with Gasteiger partial charge in [0.15, 0.2) is 6.61 Å². The van der Waals surface area contributed by atoms with Gasteiger partial charge in [0, 0.05) is 5.39 Å². The zero-order chi connectivity index (χ0) is 16.2.